The lowest BCUT2D eigenvalue weighted by atomic mass is 10.0. The van der Waals surface area contributed by atoms with Gasteiger partial charge in [-0.2, -0.15) is 0 Å². The maximum absolute atomic E-state index is 13.4. The van der Waals surface area contributed by atoms with Gasteiger partial charge in [0, 0.05) is 29.9 Å². The summed E-state index contributed by atoms with van der Waals surface area (Å²) in [6.07, 6.45) is 1.25. The summed E-state index contributed by atoms with van der Waals surface area (Å²) in [6.45, 7) is 12.1. The first kappa shape index (κ1) is 31.8. The van der Waals surface area contributed by atoms with Gasteiger partial charge in [0.15, 0.2) is 18.5 Å². The molecular formula is C30H28O11. The average Bonchev–Trinajstić information content (AvgIpc) is 3.00. The van der Waals surface area contributed by atoms with Gasteiger partial charge in [0.05, 0.1) is 5.56 Å². The normalized spacial score (nSPS) is 11.4. The van der Waals surface area contributed by atoms with E-state index >= 15 is 0 Å². The first-order valence-corrected chi connectivity index (χ1v) is 12.0. The zero-order valence-electron chi connectivity index (χ0n) is 22.0. The van der Waals surface area contributed by atoms with E-state index in [1.165, 1.54) is 18.2 Å². The fraction of sp³-hybridized carbons (Fsp3) is 0.167. The van der Waals surface area contributed by atoms with Crippen LogP contribution in [0.2, 0.25) is 0 Å². The van der Waals surface area contributed by atoms with Crippen molar-refractivity contribution in [1.82, 2.24) is 0 Å². The third-order valence-corrected chi connectivity index (χ3v) is 4.89. The summed E-state index contributed by atoms with van der Waals surface area (Å²) in [7, 11) is 0. The number of rotatable bonds is 17. The van der Waals surface area contributed by atoms with E-state index < -0.39 is 48.7 Å². The number of carbonyl (C=O) groups is 5. The second-order valence-electron chi connectivity index (χ2n) is 7.78. The van der Waals surface area contributed by atoms with E-state index in [2.05, 4.69) is 26.3 Å². The third-order valence-electron chi connectivity index (χ3n) is 4.89. The van der Waals surface area contributed by atoms with Crippen molar-refractivity contribution in [3.63, 3.8) is 0 Å². The van der Waals surface area contributed by atoms with Crippen LogP contribution >= 0.6 is 0 Å². The van der Waals surface area contributed by atoms with Gasteiger partial charge in [0.25, 0.3) is 6.29 Å². The second kappa shape index (κ2) is 16.5. The van der Waals surface area contributed by atoms with E-state index in [-0.39, 0.29) is 30.3 Å². The van der Waals surface area contributed by atoms with E-state index in [9.17, 15) is 24.0 Å². The van der Waals surface area contributed by atoms with Crippen molar-refractivity contribution in [3.8, 4) is 11.5 Å². The summed E-state index contributed by atoms with van der Waals surface area (Å²) in [5.41, 5.74) is 0.348. The maximum atomic E-state index is 13.4. The van der Waals surface area contributed by atoms with Crippen LogP contribution in [0.15, 0.2) is 99.2 Å². The van der Waals surface area contributed by atoms with Crippen molar-refractivity contribution in [1.29, 1.82) is 0 Å². The molecule has 0 fully saturated rings. The van der Waals surface area contributed by atoms with E-state index in [1.807, 2.05) is 0 Å². The van der Waals surface area contributed by atoms with Crippen LogP contribution in [0.25, 0.3) is 0 Å². The van der Waals surface area contributed by atoms with Gasteiger partial charge in [-0.05, 0) is 18.2 Å². The van der Waals surface area contributed by atoms with Gasteiger partial charge in [0.2, 0.25) is 0 Å². The Labute approximate surface area is 236 Å². The molecule has 214 valence electrons. The Morgan fingerprint density at radius 2 is 1.27 bits per heavy atom. The highest BCUT2D eigenvalue weighted by atomic mass is 16.7. The molecule has 0 aliphatic rings. The first-order valence-electron chi connectivity index (χ1n) is 12.0. The van der Waals surface area contributed by atoms with Crippen LogP contribution in [0.1, 0.15) is 15.9 Å². The largest absolute Gasteiger partial charge is 0.489 e. The predicted octanol–water partition coefficient (Wildman–Crippen LogP) is 3.29. The SMILES string of the molecule is C=CC(=O)OCC(COc1ccc(OC(COC(=O)C=C)OC(=O)C=C)cc1C(=O)c1ccccc1)OC(=O)C=C. The van der Waals surface area contributed by atoms with E-state index in [1.54, 1.807) is 30.3 Å². The van der Waals surface area contributed by atoms with E-state index in [0.29, 0.717) is 5.56 Å². The predicted molar refractivity (Wildman–Crippen MR) is 145 cm³/mol. The molecule has 2 aromatic carbocycles. The minimum Gasteiger partial charge on any atom is -0.489 e. The first-order chi connectivity index (χ1) is 19.7. The molecule has 0 aliphatic carbocycles. The summed E-state index contributed by atoms with van der Waals surface area (Å²) in [5, 5.41) is 0. The van der Waals surface area contributed by atoms with Crippen LogP contribution in [-0.4, -0.2) is 61.9 Å². The van der Waals surface area contributed by atoms with Crippen LogP contribution in [0, 0.1) is 0 Å². The summed E-state index contributed by atoms with van der Waals surface area (Å²) < 4.78 is 31.6. The van der Waals surface area contributed by atoms with Crippen molar-refractivity contribution in [2.24, 2.45) is 0 Å². The molecule has 0 N–H and O–H groups in total. The smallest absolute Gasteiger partial charge is 0.333 e. The van der Waals surface area contributed by atoms with Gasteiger partial charge in [-0.25, -0.2) is 19.2 Å². The highest BCUT2D eigenvalue weighted by molar-refractivity contribution is 6.11. The average molecular weight is 565 g/mol. The van der Waals surface area contributed by atoms with Crippen LogP contribution in [-0.2, 0) is 38.1 Å². The molecule has 0 saturated carbocycles. The molecule has 11 heteroatoms. The number of esters is 4. The minimum atomic E-state index is -1.39. The second-order valence-corrected chi connectivity index (χ2v) is 7.78. The summed E-state index contributed by atoms with van der Waals surface area (Å²) >= 11 is 0. The number of ether oxygens (including phenoxy) is 6. The minimum absolute atomic E-state index is 0.0301. The molecule has 0 amide bonds. The van der Waals surface area contributed by atoms with Crippen molar-refractivity contribution in [2.45, 2.75) is 12.4 Å². The maximum Gasteiger partial charge on any atom is 0.333 e. The number of benzene rings is 2. The number of hydrogen-bond acceptors (Lipinski definition) is 11. The standard InChI is InChI=1S/C30H28O11/c1-5-25(31)37-18-22(39-27(33)7-3)17-36-24-15-14-21(16-23(24)30(35)20-12-10-9-11-13-20)40-29(41-28(34)8-4)19-38-26(32)6-2/h5-16,22,29H,1-4,17-19H2. The van der Waals surface area contributed by atoms with Crippen molar-refractivity contribution in [2.75, 3.05) is 19.8 Å². The molecular weight excluding hydrogens is 536 g/mol. The van der Waals surface area contributed by atoms with Crippen molar-refractivity contribution >= 4 is 29.7 Å². The Kier molecular flexibility index (Phi) is 12.8. The highest BCUT2D eigenvalue weighted by Gasteiger charge is 2.22. The van der Waals surface area contributed by atoms with Gasteiger partial charge in [-0.15, -0.1) is 0 Å². The zero-order valence-corrected chi connectivity index (χ0v) is 22.0. The zero-order chi connectivity index (χ0) is 30.2. The molecule has 0 radical (unpaired) electrons. The van der Waals surface area contributed by atoms with E-state index in [0.717, 1.165) is 24.3 Å². The van der Waals surface area contributed by atoms with Gasteiger partial charge >= 0.3 is 23.9 Å². The summed E-state index contributed by atoms with van der Waals surface area (Å²) in [6, 6.07) is 12.4. The fourth-order valence-corrected chi connectivity index (χ4v) is 3.01. The third kappa shape index (κ3) is 10.7. The van der Waals surface area contributed by atoms with Crippen LogP contribution in [0.4, 0.5) is 0 Å². The van der Waals surface area contributed by atoms with Gasteiger partial charge < -0.3 is 28.4 Å². The van der Waals surface area contributed by atoms with Crippen LogP contribution in [0.3, 0.4) is 0 Å². The van der Waals surface area contributed by atoms with Gasteiger partial charge in [-0.3, -0.25) is 4.79 Å². The molecule has 2 unspecified atom stereocenters. The molecule has 0 aliphatic heterocycles. The molecule has 0 spiro atoms. The summed E-state index contributed by atoms with van der Waals surface area (Å²) in [4.78, 5) is 59.9. The van der Waals surface area contributed by atoms with E-state index in [4.69, 9.17) is 28.4 Å². The molecule has 11 nitrogen and oxygen atoms in total. The lowest BCUT2D eigenvalue weighted by Gasteiger charge is -2.21. The van der Waals surface area contributed by atoms with Crippen molar-refractivity contribution < 1.29 is 52.4 Å². The number of ketones is 1. The molecule has 2 rings (SSSR count). The number of carbonyl (C=O) groups excluding carboxylic acids is 5. The Bertz CT molecular complexity index is 1300. The highest BCUT2D eigenvalue weighted by Crippen LogP contribution is 2.28. The molecule has 0 bridgehead atoms. The quantitative estimate of drug-likeness (QED) is 0.0919. The van der Waals surface area contributed by atoms with Crippen LogP contribution < -0.4 is 9.47 Å². The Hall–Kier alpha value is -5.45. The molecule has 2 atom stereocenters. The van der Waals surface area contributed by atoms with Gasteiger partial charge in [-0.1, -0.05) is 56.6 Å². The topological polar surface area (TPSA) is 141 Å². The fourth-order valence-electron chi connectivity index (χ4n) is 3.01. The summed E-state index contributed by atoms with van der Waals surface area (Å²) in [5.74, 6) is -3.47. The Balaban J connectivity index is 2.37. The van der Waals surface area contributed by atoms with Crippen LogP contribution in [0.5, 0.6) is 11.5 Å². The lowest BCUT2D eigenvalue weighted by molar-refractivity contribution is -0.170. The molecule has 41 heavy (non-hydrogen) atoms. The molecule has 0 saturated heterocycles. The Morgan fingerprint density at radius 1 is 0.683 bits per heavy atom. The monoisotopic (exact) mass is 564 g/mol. The van der Waals surface area contributed by atoms with Gasteiger partial charge in [0.1, 0.15) is 24.7 Å². The number of hydrogen-bond donors (Lipinski definition) is 0. The lowest BCUT2D eigenvalue weighted by Crippen LogP contribution is -2.30. The molecule has 2 aromatic rings. The van der Waals surface area contributed by atoms with Crippen molar-refractivity contribution in [3.05, 3.63) is 110 Å². The molecule has 0 heterocycles. The molecule has 0 aromatic heterocycles. The Morgan fingerprint density at radius 3 is 1.88 bits per heavy atom.